The van der Waals surface area contributed by atoms with Crippen LogP contribution in [0.5, 0.6) is 0 Å². The molecule has 0 amide bonds. The molecule has 1 aromatic heterocycles. The van der Waals surface area contributed by atoms with Gasteiger partial charge in [0.25, 0.3) is 0 Å². The van der Waals surface area contributed by atoms with E-state index in [1.807, 2.05) is 60.7 Å². The molecule has 0 spiro atoms. The van der Waals surface area contributed by atoms with Crippen molar-refractivity contribution in [1.82, 2.24) is 4.57 Å². The Morgan fingerprint density at radius 1 is 0.815 bits per heavy atom. The molecule has 0 aliphatic heterocycles. The third kappa shape index (κ3) is 3.11. The molecule has 0 N–H and O–H groups in total. The van der Waals surface area contributed by atoms with Gasteiger partial charge in [0.15, 0.2) is 0 Å². The number of hydrogen-bond acceptors (Lipinski definition) is 4. The van der Waals surface area contributed by atoms with Gasteiger partial charge in [-0.15, -0.1) is 0 Å². The van der Waals surface area contributed by atoms with Crippen LogP contribution in [0.1, 0.15) is 0 Å². The summed E-state index contributed by atoms with van der Waals surface area (Å²) in [6.45, 7) is 0. The zero-order chi connectivity index (χ0) is 18.8. The van der Waals surface area contributed by atoms with Crippen molar-refractivity contribution in [3.8, 4) is 5.69 Å². The summed E-state index contributed by atoms with van der Waals surface area (Å²) in [5.41, 5.74) is 0.186. The normalized spacial score (nSPS) is 10.8. The van der Waals surface area contributed by atoms with Crippen LogP contribution >= 0.6 is 11.8 Å². The average Bonchev–Trinajstić information content (AvgIpc) is 2.69. The van der Waals surface area contributed by atoms with E-state index in [9.17, 15) is 14.9 Å². The molecule has 0 radical (unpaired) electrons. The molecule has 5 nitrogen and oxygen atoms in total. The maximum Gasteiger partial charge on any atom is 0.348 e. The van der Waals surface area contributed by atoms with E-state index in [1.165, 1.54) is 16.3 Å². The van der Waals surface area contributed by atoms with Crippen LogP contribution in [0.3, 0.4) is 0 Å². The van der Waals surface area contributed by atoms with Crippen LogP contribution in [0.2, 0.25) is 0 Å². The number of fused-ring (bicyclic) bond motifs is 1. The highest BCUT2D eigenvalue weighted by molar-refractivity contribution is 7.99. The molecule has 0 aliphatic carbocycles. The molecule has 4 aromatic rings. The summed E-state index contributed by atoms with van der Waals surface area (Å²) in [4.78, 5) is 25.6. The standard InChI is InChI=1S/C21H14N2O3S/c24-21-19(23(25)26)20(27-16-11-5-2-6-12-16)17-13-7-8-14-18(17)22(21)15-9-3-1-4-10-15/h1-14H. The summed E-state index contributed by atoms with van der Waals surface area (Å²) in [6.07, 6.45) is 0. The first-order chi connectivity index (χ1) is 13.2. The van der Waals surface area contributed by atoms with Crippen LogP contribution in [-0.2, 0) is 0 Å². The maximum atomic E-state index is 13.1. The van der Waals surface area contributed by atoms with Crippen molar-refractivity contribution in [2.75, 3.05) is 0 Å². The van der Waals surface area contributed by atoms with Gasteiger partial charge in [-0.3, -0.25) is 19.5 Å². The summed E-state index contributed by atoms with van der Waals surface area (Å²) in [7, 11) is 0. The van der Waals surface area contributed by atoms with Crippen molar-refractivity contribution >= 4 is 28.4 Å². The van der Waals surface area contributed by atoms with Crippen molar-refractivity contribution < 1.29 is 4.92 Å². The quantitative estimate of drug-likeness (QED) is 0.370. The van der Waals surface area contributed by atoms with E-state index in [-0.39, 0.29) is 0 Å². The highest BCUT2D eigenvalue weighted by Crippen LogP contribution is 2.38. The molecular weight excluding hydrogens is 360 g/mol. The highest BCUT2D eigenvalue weighted by Gasteiger charge is 2.27. The Kier molecular flexibility index (Phi) is 4.48. The zero-order valence-electron chi connectivity index (χ0n) is 14.1. The Bertz CT molecular complexity index is 1190. The van der Waals surface area contributed by atoms with Gasteiger partial charge in [-0.25, -0.2) is 0 Å². The number of para-hydroxylation sites is 2. The molecule has 132 valence electrons. The fraction of sp³-hybridized carbons (Fsp3) is 0. The molecule has 0 unspecified atom stereocenters. The van der Waals surface area contributed by atoms with Crippen LogP contribution in [-0.4, -0.2) is 9.49 Å². The molecule has 0 saturated carbocycles. The average molecular weight is 374 g/mol. The third-order valence-corrected chi connectivity index (χ3v) is 5.30. The lowest BCUT2D eigenvalue weighted by molar-refractivity contribution is -0.389. The van der Waals surface area contributed by atoms with E-state index in [1.54, 1.807) is 24.3 Å². The molecule has 0 saturated heterocycles. The Morgan fingerprint density at radius 3 is 2.07 bits per heavy atom. The number of nitrogens with zero attached hydrogens (tertiary/aromatic N) is 2. The van der Waals surface area contributed by atoms with E-state index < -0.39 is 16.2 Å². The minimum atomic E-state index is -0.636. The number of nitro groups is 1. The fourth-order valence-electron chi connectivity index (χ4n) is 3.00. The zero-order valence-corrected chi connectivity index (χ0v) is 14.9. The van der Waals surface area contributed by atoms with Crippen molar-refractivity contribution in [2.24, 2.45) is 0 Å². The number of rotatable bonds is 4. The van der Waals surface area contributed by atoms with Crippen LogP contribution in [0.4, 0.5) is 5.69 Å². The highest BCUT2D eigenvalue weighted by atomic mass is 32.2. The summed E-state index contributed by atoms with van der Waals surface area (Å²) < 4.78 is 1.41. The Labute approximate surface area is 159 Å². The first kappa shape index (κ1) is 17.1. The van der Waals surface area contributed by atoms with Crippen LogP contribution in [0, 0.1) is 10.1 Å². The van der Waals surface area contributed by atoms with Crippen molar-refractivity contribution in [3.05, 3.63) is 105 Å². The summed E-state index contributed by atoms with van der Waals surface area (Å²) in [5, 5.41) is 12.5. The van der Waals surface area contributed by atoms with Crippen molar-refractivity contribution in [1.29, 1.82) is 0 Å². The van der Waals surface area contributed by atoms with Gasteiger partial charge in [0.2, 0.25) is 0 Å². The molecule has 1 heterocycles. The van der Waals surface area contributed by atoms with Gasteiger partial charge in [0, 0.05) is 16.0 Å². The van der Waals surface area contributed by atoms with Crippen LogP contribution in [0.25, 0.3) is 16.6 Å². The van der Waals surface area contributed by atoms with Crippen LogP contribution < -0.4 is 5.56 Å². The Hall–Kier alpha value is -3.38. The van der Waals surface area contributed by atoms with Gasteiger partial charge in [-0.1, -0.05) is 66.4 Å². The lowest BCUT2D eigenvalue weighted by Crippen LogP contribution is -2.22. The van der Waals surface area contributed by atoms with E-state index in [2.05, 4.69) is 0 Å². The monoisotopic (exact) mass is 374 g/mol. The lowest BCUT2D eigenvalue weighted by atomic mass is 10.2. The second-order valence-corrected chi connectivity index (χ2v) is 6.93. The van der Waals surface area contributed by atoms with E-state index in [4.69, 9.17) is 0 Å². The third-order valence-electron chi connectivity index (χ3n) is 4.17. The van der Waals surface area contributed by atoms with Gasteiger partial charge in [-0.05, 0) is 30.3 Å². The fourth-order valence-corrected chi connectivity index (χ4v) is 4.07. The minimum Gasteiger partial charge on any atom is -0.271 e. The van der Waals surface area contributed by atoms with Gasteiger partial charge >= 0.3 is 11.2 Å². The van der Waals surface area contributed by atoms with Gasteiger partial charge in [-0.2, -0.15) is 0 Å². The van der Waals surface area contributed by atoms with Crippen molar-refractivity contribution in [2.45, 2.75) is 9.79 Å². The van der Waals surface area contributed by atoms with Crippen LogP contribution in [0.15, 0.2) is 99.5 Å². The van der Waals surface area contributed by atoms with E-state index >= 15 is 0 Å². The Balaban J connectivity index is 2.09. The largest absolute Gasteiger partial charge is 0.348 e. The Morgan fingerprint density at radius 2 is 1.41 bits per heavy atom. The maximum absolute atomic E-state index is 13.1. The molecule has 4 rings (SSSR count). The second-order valence-electron chi connectivity index (χ2n) is 5.84. The molecule has 0 aliphatic rings. The predicted octanol–water partition coefficient (Wildman–Crippen LogP) is 5.05. The number of hydrogen-bond donors (Lipinski definition) is 0. The molecular formula is C21H14N2O3S. The number of pyridine rings is 1. The first-order valence-electron chi connectivity index (χ1n) is 8.27. The molecule has 0 bridgehead atoms. The smallest absolute Gasteiger partial charge is 0.271 e. The van der Waals surface area contributed by atoms with Gasteiger partial charge in [0.1, 0.15) is 4.90 Å². The SMILES string of the molecule is O=c1c([N+](=O)[O-])c(Sc2ccccc2)c2ccccc2n1-c1ccccc1. The van der Waals surface area contributed by atoms with E-state index in [0.29, 0.717) is 21.5 Å². The molecule has 0 atom stereocenters. The summed E-state index contributed by atoms with van der Waals surface area (Å²) >= 11 is 1.24. The molecule has 27 heavy (non-hydrogen) atoms. The van der Waals surface area contributed by atoms with Gasteiger partial charge in [0.05, 0.1) is 10.4 Å². The number of aromatic nitrogens is 1. The van der Waals surface area contributed by atoms with Gasteiger partial charge < -0.3 is 0 Å². The topological polar surface area (TPSA) is 65.1 Å². The van der Waals surface area contributed by atoms with E-state index in [0.717, 1.165) is 4.90 Å². The van der Waals surface area contributed by atoms with Crippen molar-refractivity contribution in [3.63, 3.8) is 0 Å². The molecule has 0 fully saturated rings. The molecule has 6 heteroatoms. The molecule has 3 aromatic carbocycles. The minimum absolute atomic E-state index is 0.360. The summed E-state index contributed by atoms with van der Waals surface area (Å²) in [6, 6.07) is 25.6. The predicted molar refractivity (Wildman–Crippen MR) is 107 cm³/mol. The number of benzene rings is 3. The first-order valence-corrected chi connectivity index (χ1v) is 9.09. The lowest BCUT2D eigenvalue weighted by Gasteiger charge is -2.14. The second kappa shape index (κ2) is 7.09. The summed E-state index contributed by atoms with van der Waals surface area (Å²) in [5.74, 6) is 0.